The lowest BCUT2D eigenvalue weighted by Gasteiger charge is -2.08. The van der Waals surface area contributed by atoms with Crippen LogP contribution in [0.25, 0.3) is 0 Å². The first-order valence-electron chi connectivity index (χ1n) is 5.39. The standard InChI is InChI=1S/C10H15ClN4O3S/c1-12-9-5-7(8(11)6-14-9)10(16)13-3-4-15-19(2,17)18/h5-6,15H,3-4H2,1-2H3,(H,12,14)(H,13,16). The minimum absolute atomic E-state index is 0.117. The zero-order valence-corrected chi connectivity index (χ0v) is 12.1. The highest BCUT2D eigenvalue weighted by atomic mass is 35.5. The van der Waals surface area contributed by atoms with Gasteiger partial charge in [-0.25, -0.2) is 18.1 Å². The molecule has 0 radical (unpaired) electrons. The van der Waals surface area contributed by atoms with Crippen molar-refractivity contribution in [3.05, 3.63) is 22.8 Å². The molecule has 0 unspecified atom stereocenters. The topological polar surface area (TPSA) is 100 Å². The Balaban J connectivity index is 2.58. The highest BCUT2D eigenvalue weighted by molar-refractivity contribution is 7.88. The fourth-order valence-corrected chi connectivity index (χ4v) is 1.92. The van der Waals surface area contributed by atoms with Crippen molar-refractivity contribution < 1.29 is 13.2 Å². The molecule has 1 amide bonds. The average Bonchev–Trinajstić information content (AvgIpc) is 2.34. The van der Waals surface area contributed by atoms with Crippen molar-refractivity contribution in [2.24, 2.45) is 0 Å². The van der Waals surface area contributed by atoms with E-state index in [9.17, 15) is 13.2 Å². The Hall–Kier alpha value is -1.38. The van der Waals surface area contributed by atoms with Crippen LogP contribution in [-0.2, 0) is 10.0 Å². The van der Waals surface area contributed by atoms with Crippen molar-refractivity contribution >= 4 is 33.3 Å². The molecule has 1 aromatic heterocycles. The summed E-state index contributed by atoms with van der Waals surface area (Å²) in [4.78, 5) is 15.8. The van der Waals surface area contributed by atoms with Gasteiger partial charge in [0.05, 0.1) is 16.8 Å². The molecule has 19 heavy (non-hydrogen) atoms. The third kappa shape index (κ3) is 5.41. The first-order chi connectivity index (χ1) is 8.83. The summed E-state index contributed by atoms with van der Waals surface area (Å²) in [7, 11) is -1.58. The number of sulfonamides is 1. The van der Waals surface area contributed by atoms with Gasteiger partial charge in [-0.2, -0.15) is 0 Å². The van der Waals surface area contributed by atoms with Crippen molar-refractivity contribution in [1.29, 1.82) is 0 Å². The molecule has 1 aromatic rings. The lowest BCUT2D eigenvalue weighted by molar-refractivity contribution is 0.0954. The Morgan fingerprint density at radius 2 is 2.11 bits per heavy atom. The predicted octanol–water partition coefficient (Wildman–Crippen LogP) is 0.0557. The summed E-state index contributed by atoms with van der Waals surface area (Å²) in [5.41, 5.74) is 0.278. The van der Waals surface area contributed by atoms with E-state index < -0.39 is 10.0 Å². The molecule has 0 saturated heterocycles. The maximum atomic E-state index is 11.8. The van der Waals surface area contributed by atoms with Gasteiger partial charge in [0.15, 0.2) is 0 Å². The number of aromatic nitrogens is 1. The number of carbonyl (C=O) groups excluding carboxylic acids is 1. The lowest BCUT2D eigenvalue weighted by atomic mass is 10.2. The molecule has 0 aliphatic heterocycles. The van der Waals surface area contributed by atoms with Crippen LogP contribution in [0.5, 0.6) is 0 Å². The minimum atomic E-state index is -3.25. The van der Waals surface area contributed by atoms with Gasteiger partial charge >= 0.3 is 0 Å². The molecular weight excluding hydrogens is 292 g/mol. The summed E-state index contributed by atoms with van der Waals surface area (Å²) >= 11 is 5.87. The molecule has 0 saturated carbocycles. The number of carbonyl (C=O) groups is 1. The van der Waals surface area contributed by atoms with Crippen molar-refractivity contribution in [3.63, 3.8) is 0 Å². The van der Waals surface area contributed by atoms with Crippen LogP contribution in [0.2, 0.25) is 5.02 Å². The molecule has 0 aromatic carbocycles. The van der Waals surface area contributed by atoms with Crippen LogP contribution in [0, 0.1) is 0 Å². The quantitative estimate of drug-likeness (QED) is 0.645. The SMILES string of the molecule is CNc1cc(C(=O)NCCNS(C)(=O)=O)c(Cl)cn1. The second kappa shape index (κ2) is 6.69. The van der Waals surface area contributed by atoms with E-state index in [2.05, 4.69) is 20.3 Å². The second-order valence-electron chi connectivity index (χ2n) is 3.72. The van der Waals surface area contributed by atoms with Crippen LogP contribution in [0.15, 0.2) is 12.3 Å². The van der Waals surface area contributed by atoms with E-state index in [1.807, 2.05) is 0 Å². The third-order valence-electron chi connectivity index (χ3n) is 2.13. The van der Waals surface area contributed by atoms with Crippen LogP contribution in [0.4, 0.5) is 5.82 Å². The molecule has 9 heteroatoms. The first kappa shape index (κ1) is 15.7. The van der Waals surface area contributed by atoms with Gasteiger partial charge in [-0.3, -0.25) is 4.79 Å². The van der Waals surface area contributed by atoms with Gasteiger partial charge < -0.3 is 10.6 Å². The number of hydrogen-bond donors (Lipinski definition) is 3. The number of anilines is 1. The van der Waals surface area contributed by atoms with Gasteiger partial charge in [0.1, 0.15) is 5.82 Å². The monoisotopic (exact) mass is 306 g/mol. The van der Waals surface area contributed by atoms with Crippen LogP contribution >= 0.6 is 11.6 Å². The van der Waals surface area contributed by atoms with E-state index in [1.165, 1.54) is 12.3 Å². The minimum Gasteiger partial charge on any atom is -0.373 e. The van der Waals surface area contributed by atoms with E-state index in [-0.39, 0.29) is 29.6 Å². The second-order valence-corrected chi connectivity index (χ2v) is 5.96. The predicted molar refractivity (Wildman–Crippen MR) is 74.0 cm³/mol. The third-order valence-corrected chi connectivity index (χ3v) is 3.16. The van der Waals surface area contributed by atoms with Crippen molar-refractivity contribution in [2.45, 2.75) is 0 Å². The smallest absolute Gasteiger partial charge is 0.253 e. The molecule has 0 fully saturated rings. The fourth-order valence-electron chi connectivity index (χ4n) is 1.26. The summed E-state index contributed by atoms with van der Waals surface area (Å²) in [6.07, 6.45) is 2.42. The van der Waals surface area contributed by atoms with Gasteiger partial charge in [0, 0.05) is 26.3 Å². The average molecular weight is 307 g/mol. The molecule has 0 spiro atoms. The largest absolute Gasteiger partial charge is 0.373 e. The zero-order valence-electron chi connectivity index (χ0n) is 10.5. The Kier molecular flexibility index (Phi) is 5.52. The summed E-state index contributed by atoms with van der Waals surface area (Å²) in [6, 6.07) is 1.52. The van der Waals surface area contributed by atoms with Crippen LogP contribution in [0.3, 0.4) is 0 Å². The summed E-state index contributed by atoms with van der Waals surface area (Å²) in [5, 5.41) is 5.58. The Bertz CT molecular complexity index is 562. The first-order valence-corrected chi connectivity index (χ1v) is 7.66. The van der Waals surface area contributed by atoms with Gasteiger partial charge in [-0.1, -0.05) is 11.6 Å². The number of pyridine rings is 1. The highest BCUT2D eigenvalue weighted by Gasteiger charge is 2.11. The molecule has 0 aliphatic carbocycles. The molecule has 3 N–H and O–H groups in total. The Morgan fingerprint density at radius 3 is 2.68 bits per heavy atom. The number of nitrogens with one attached hydrogen (secondary N) is 3. The summed E-state index contributed by atoms with van der Waals surface area (Å²) in [5.74, 6) is 0.128. The summed E-state index contributed by atoms with van der Waals surface area (Å²) < 4.78 is 23.9. The molecular formula is C10H15ClN4O3S. The molecule has 1 rings (SSSR count). The lowest BCUT2D eigenvalue weighted by Crippen LogP contribution is -2.34. The normalized spacial score (nSPS) is 11.1. The Morgan fingerprint density at radius 1 is 1.42 bits per heavy atom. The maximum Gasteiger partial charge on any atom is 0.253 e. The van der Waals surface area contributed by atoms with Crippen LogP contribution in [-0.4, -0.2) is 45.7 Å². The number of nitrogens with zero attached hydrogens (tertiary/aromatic N) is 1. The van der Waals surface area contributed by atoms with Gasteiger partial charge in [-0.15, -0.1) is 0 Å². The van der Waals surface area contributed by atoms with Crippen molar-refractivity contribution in [1.82, 2.24) is 15.0 Å². The fraction of sp³-hybridized carbons (Fsp3) is 0.400. The molecule has 0 aliphatic rings. The molecule has 0 bridgehead atoms. The number of amides is 1. The van der Waals surface area contributed by atoms with Crippen molar-refractivity contribution in [2.75, 3.05) is 31.7 Å². The number of rotatable bonds is 6. The molecule has 1 heterocycles. The number of halogens is 1. The van der Waals surface area contributed by atoms with E-state index >= 15 is 0 Å². The van der Waals surface area contributed by atoms with Gasteiger partial charge in [-0.05, 0) is 6.07 Å². The van der Waals surface area contributed by atoms with E-state index in [4.69, 9.17) is 11.6 Å². The molecule has 106 valence electrons. The van der Waals surface area contributed by atoms with E-state index in [0.29, 0.717) is 5.82 Å². The van der Waals surface area contributed by atoms with Gasteiger partial charge in [0.25, 0.3) is 5.91 Å². The number of hydrogen-bond acceptors (Lipinski definition) is 5. The van der Waals surface area contributed by atoms with Crippen LogP contribution < -0.4 is 15.4 Å². The van der Waals surface area contributed by atoms with E-state index in [0.717, 1.165) is 6.26 Å². The summed E-state index contributed by atoms with van der Waals surface area (Å²) in [6.45, 7) is 0.283. The molecule has 0 atom stereocenters. The van der Waals surface area contributed by atoms with Crippen molar-refractivity contribution in [3.8, 4) is 0 Å². The Labute approximate surface area is 116 Å². The van der Waals surface area contributed by atoms with E-state index in [1.54, 1.807) is 7.05 Å². The van der Waals surface area contributed by atoms with Gasteiger partial charge in [0.2, 0.25) is 10.0 Å². The highest BCUT2D eigenvalue weighted by Crippen LogP contribution is 2.17. The maximum absolute atomic E-state index is 11.8. The molecule has 7 nitrogen and oxygen atoms in total. The van der Waals surface area contributed by atoms with Crippen LogP contribution in [0.1, 0.15) is 10.4 Å². The zero-order chi connectivity index (χ0) is 14.5.